The lowest BCUT2D eigenvalue weighted by Crippen LogP contribution is -2.03. The third-order valence-electron chi connectivity index (χ3n) is 3.14. The SMILES string of the molecule is COc1cccc(Cl)c1Cn1c(=S)[nH]c2cccnc21. The number of methoxy groups -OCH3 is 1. The van der Waals surface area contributed by atoms with E-state index in [1.807, 2.05) is 34.9 Å². The van der Waals surface area contributed by atoms with Crippen LogP contribution in [0.4, 0.5) is 0 Å². The number of rotatable bonds is 3. The highest BCUT2D eigenvalue weighted by atomic mass is 35.5. The molecule has 1 aromatic carbocycles. The summed E-state index contributed by atoms with van der Waals surface area (Å²) < 4.78 is 7.89. The van der Waals surface area contributed by atoms with Crippen LogP contribution in [-0.4, -0.2) is 21.6 Å². The molecule has 0 fully saturated rings. The molecule has 0 spiro atoms. The summed E-state index contributed by atoms with van der Waals surface area (Å²) in [5, 5.41) is 0.650. The molecule has 2 aromatic heterocycles. The Bertz CT molecular complexity index is 825. The summed E-state index contributed by atoms with van der Waals surface area (Å²) in [5.41, 5.74) is 2.60. The van der Waals surface area contributed by atoms with Crippen LogP contribution >= 0.6 is 23.8 Å². The topological polar surface area (TPSA) is 42.8 Å². The Morgan fingerprint density at radius 2 is 2.20 bits per heavy atom. The molecule has 3 rings (SSSR count). The highest BCUT2D eigenvalue weighted by Crippen LogP contribution is 2.28. The van der Waals surface area contributed by atoms with Gasteiger partial charge in [0.05, 0.1) is 19.2 Å². The monoisotopic (exact) mass is 305 g/mol. The van der Waals surface area contributed by atoms with E-state index in [1.54, 1.807) is 13.3 Å². The number of hydrogen-bond donors (Lipinski definition) is 1. The Labute approximate surface area is 126 Å². The van der Waals surface area contributed by atoms with Crippen LogP contribution in [0.1, 0.15) is 5.56 Å². The van der Waals surface area contributed by atoms with Gasteiger partial charge in [-0.1, -0.05) is 17.7 Å². The maximum atomic E-state index is 6.27. The molecular formula is C14H12ClN3OS. The number of imidazole rings is 1. The van der Waals surface area contributed by atoms with E-state index in [0.29, 0.717) is 16.3 Å². The molecule has 1 N–H and O–H groups in total. The molecule has 0 unspecified atom stereocenters. The summed E-state index contributed by atoms with van der Waals surface area (Å²) in [6.07, 6.45) is 1.74. The molecule has 0 atom stereocenters. The average Bonchev–Trinajstić information content (AvgIpc) is 2.77. The fourth-order valence-corrected chi connectivity index (χ4v) is 2.66. The maximum Gasteiger partial charge on any atom is 0.179 e. The minimum Gasteiger partial charge on any atom is -0.496 e. The van der Waals surface area contributed by atoms with E-state index in [1.165, 1.54) is 0 Å². The van der Waals surface area contributed by atoms with Gasteiger partial charge in [-0.15, -0.1) is 0 Å². The minimum absolute atomic E-state index is 0.513. The van der Waals surface area contributed by atoms with Crippen molar-refractivity contribution >= 4 is 35.0 Å². The lowest BCUT2D eigenvalue weighted by molar-refractivity contribution is 0.408. The number of H-pyrrole nitrogens is 1. The van der Waals surface area contributed by atoms with Gasteiger partial charge in [0.1, 0.15) is 5.75 Å². The molecule has 0 radical (unpaired) electrons. The molecule has 6 heteroatoms. The van der Waals surface area contributed by atoms with Crippen molar-refractivity contribution < 1.29 is 4.74 Å². The quantitative estimate of drug-likeness (QED) is 0.748. The van der Waals surface area contributed by atoms with Crippen LogP contribution in [0.5, 0.6) is 5.75 Å². The van der Waals surface area contributed by atoms with Crippen molar-refractivity contribution in [2.45, 2.75) is 6.54 Å². The number of nitrogens with one attached hydrogen (secondary N) is 1. The molecule has 102 valence electrons. The summed E-state index contributed by atoms with van der Waals surface area (Å²) in [5.74, 6) is 0.740. The Morgan fingerprint density at radius 3 is 3.00 bits per heavy atom. The van der Waals surface area contributed by atoms with Gasteiger partial charge in [0.25, 0.3) is 0 Å². The number of aromatic amines is 1. The van der Waals surface area contributed by atoms with Crippen molar-refractivity contribution in [1.82, 2.24) is 14.5 Å². The first-order valence-electron chi connectivity index (χ1n) is 6.05. The Balaban J connectivity index is 2.15. The van der Waals surface area contributed by atoms with E-state index in [4.69, 9.17) is 28.6 Å². The Kier molecular flexibility index (Phi) is 3.46. The molecule has 2 heterocycles. The van der Waals surface area contributed by atoms with Crippen molar-refractivity contribution in [3.05, 3.63) is 51.9 Å². The number of aromatic nitrogens is 3. The molecule has 0 saturated heterocycles. The molecule has 0 aliphatic carbocycles. The first-order chi connectivity index (χ1) is 9.70. The van der Waals surface area contributed by atoms with Crippen LogP contribution in [0.15, 0.2) is 36.5 Å². The third-order valence-corrected chi connectivity index (χ3v) is 3.82. The Morgan fingerprint density at radius 1 is 1.35 bits per heavy atom. The number of halogens is 1. The van der Waals surface area contributed by atoms with Gasteiger partial charge in [0.15, 0.2) is 10.4 Å². The lowest BCUT2D eigenvalue weighted by Gasteiger charge is -2.11. The van der Waals surface area contributed by atoms with Crippen LogP contribution < -0.4 is 4.74 Å². The van der Waals surface area contributed by atoms with Crippen molar-refractivity contribution in [3.8, 4) is 5.75 Å². The highest BCUT2D eigenvalue weighted by molar-refractivity contribution is 7.71. The van der Waals surface area contributed by atoms with E-state index >= 15 is 0 Å². The second-order valence-electron chi connectivity index (χ2n) is 4.31. The molecular weight excluding hydrogens is 294 g/mol. The van der Waals surface area contributed by atoms with E-state index in [-0.39, 0.29) is 0 Å². The van der Waals surface area contributed by atoms with Crippen LogP contribution in [0, 0.1) is 4.77 Å². The van der Waals surface area contributed by atoms with Gasteiger partial charge in [0.2, 0.25) is 0 Å². The largest absolute Gasteiger partial charge is 0.496 e. The number of benzene rings is 1. The van der Waals surface area contributed by atoms with E-state index in [0.717, 1.165) is 22.5 Å². The fourth-order valence-electron chi connectivity index (χ4n) is 2.18. The first kappa shape index (κ1) is 13.1. The van der Waals surface area contributed by atoms with Crippen molar-refractivity contribution in [3.63, 3.8) is 0 Å². The molecule has 0 aliphatic rings. The van der Waals surface area contributed by atoms with E-state index in [2.05, 4.69) is 9.97 Å². The van der Waals surface area contributed by atoms with Gasteiger partial charge >= 0.3 is 0 Å². The normalized spacial score (nSPS) is 10.9. The van der Waals surface area contributed by atoms with E-state index in [9.17, 15) is 0 Å². The lowest BCUT2D eigenvalue weighted by atomic mass is 10.2. The number of ether oxygens (including phenoxy) is 1. The summed E-state index contributed by atoms with van der Waals surface area (Å²) >= 11 is 11.6. The number of nitrogens with zero attached hydrogens (tertiary/aromatic N) is 2. The van der Waals surface area contributed by atoms with Gasteiger partial charge in [0, 0.05) is 16.8 Å². The predicted octanol–water partition coefficient (Wildman–Crippen LogP) is 3.80. The van der Waals surface area contributed by atoms with Crippen LogP contribution in [0.2, 0.25) is 5.02 Å². The third kappa shape index (κ3) is 2.19. The molecule has 4 nitrogen and oxygen atoms in total. The molecule has 0 amide bonds. The van der Waals surface area contributed by atoms with Crippen molar-refractivity contribution in [2.75, 3.05) is 7.11 Å². The molecule has 0 saturated carbocycles. The maximum absolute atomic E-state index is 6.27. The number of fused-ring (bicyclic) bond motifs is 1. The zero-order valence-electron chi connectivity index (χ0n) is 10.8. The Hall–Kier alpha value is -1.85. The first-order valence-corrected chi connectivity index (χ1v) is 6.84. The van der Waals surface area contributed by atoms with Gasteiger partial charge < -0.3 is 9.72 Å². The molecule has 0 bridgehead atoms. The zero-order chi connectivity index (χ0) is 14.1. The summed E-state index contributed by atoms with van der Waals surface area (Å²) in [7, 11) is 1.63. The minimum atomic E-state index is 0.513. The molecule has 0 aliphatic heterocycles. The summed E-state index contributed by atoms with van der Waals surface area (Å²) in [4.78, 5) is 7.50. The average molecular weight is 306 g/mol. The smallest absolute Gasteiger partial charge is 0.179 e. The standard InChI is InChI=1S/C14H12ClN3OS/c1-19-12-6-2-4-10(15)9(12)8-18-13-11(17-14(18)20)5-3-7-16-13/h2-7H,8H2,1H3,(H,17,20). The van der Waals surface area contributed by atoms with Gasteiger partial charge in [-0.05, 0) is 36.5 Å². The zero-order valence-corrected chi connectivity index (χ0v) is 12.3. The van der Waals surface area contributed by atoms with Crippen molar-refractivity contribution in [1.29, 1.82) is 0 Å². The van der Waals surface area contributed by atoms with Crippen LogP contribution in [0.3, 0.4) is 0 Å². The molecule has 3 aromatic rings. The number of hydrogen-bond acceptors (Lipinski definition) is 3. The van der Waals surface area contributed by atoms with Gasteiger partial charge in [-0.2, -0.15) is 0 Å². The van der Waals surface area contributed by atoms with Crippen LogP contribution in [-0.2, 0) is 6.54 Å². The predicted molar refractivity (Wildman–Crippen MR) is 82.0 cm³/mol. The van der Waals surface area contributed by atoms with Crippen LogP contribution in [0.25, 0.3) is 11.2 Å². The van der Waals surface area contributed by atoms with Gasteiger partial charge in [-0.25, -0.2) is 4.98 Å². The van der Waals surface area contributed by atoms with Crippen molar-refractivity contribution in [2.24, 2.45) is 0 Å². The van der Waals surface area contributed by atoms with Gasteiger partial charge in [-0.3, -0.25) is 4.57 Å². The second-order valence-corrected chi connectivity index (χ2v) is 5.11. The molecule has 20 heavy (non-hydrogen) atoms. The number of pyridine rings is 1. The summed E-state index contributed by atoms with van der Waals surface area (Å²) in [6.45, 7) is 0.513. The summed E-state index contributed by atoms with van der Waals surface area (Å²) in [6, 6.07) is 9.39. The van der Waals surface area contributed by atoms with E-state index < -0.39 is 0 Å². The fraction of sp³-hybridized carbons (Fsp3) is 0.143. The highest BCUT2D eigenvalue weighted by Gasteiger charge is 2.12. The second kappa shape index (κ2) is 5.26.